The lowest BCUT2D eigenvalue weighted by Gasteiger charge is -2.09. The first-order valence-electron chi connectivity index (χ1n) is 11.6. The van der Waals surface area contributed by atoms with Crippen molar-refractivity contribution in [1.29, 1.82) is 0 Å². The van der Waals surface area contributed by atoms with Gasteiger partial charge in [0, 0.05) is 17.1 Å². The van der Waals surface area contributed by atoms with Gasteiger partial charge in [0.15, 0.2) is 0 Å². The highest BCUT2D eigenvalue weighted by Crippen LogP contribution is 2.39. The number of benzene rings is 4. The maximum Gasteiger partial charge on any atom is 0.296 e. The molecule has 0 aromatic heterocycles. The molecule has 0 heterocycles. The van der Waals surface area contributed by atoms with Crippen molar-refractivity contribution in [2.45, 2.75) is 30.6 Å². The SMILES string of the molecule is COc1cc(N=Nc2cc3c(S(=O)(=O)O)cccc3cc2S(=O)(=O)O)c(C)cc1N=Nc1cc(C)c(N)cc1C. The fourth-order valence-corrected chi connectivity index (χ4v) is 5.28. The summed E-state index contributed by atoms with van der Waals surface area (Å²) >= 11 is 0. The van der Waals surface area contributed by atoms with Crippen molar-refractivity contribution in [3.63, 3.8) is 0 Å². The zero-order valence-corrected chi connectivity index (χ0v) is 23.4. The van der Waals surface area contributed by atoms with Crippen molar-refractivity contribution >= 4 is 59.4 Å². The normalized spacial score (nSPS) is 12.6. The van der Waals surface area contributed by atoms with E-state index in [1.807, 2.05) is 26.0 Å². The number of ether oxygens (including phenoxy) is 1. The van der Waals surface area contributed by atoms with E-state index in [0.717, 1.165) is 29.3 Å². The number of hydrogen-bond donors (Lipinski definition) is 3. The van der Waals surface area contributed by atoms with Gasteiger partial charge in [0.2, 0.25) is 0 Å². The molecule has 0 fully saturated rings. The predicted molar refractivity (Wildman–Crippen MR) is 150 cm³/mol. The molecule has 14 heteroatoms. The van der Waals surface area contributed by atoms with Gasteiger partial charge in [-0.3, -0.25) is 9.11 Å². The highest BCUT2D eigenvalue weighted by atomic mass is 32.2. The van der Waals surface area contributed by atoms with E-state index >= 15 is 0 Å². The van der Waals surface area contributed by atoms with E-state index in [-0.39, 0.29) is 22.1 Å². The van der Waals surface area contributed by atoms with Gasteiger partial charge >= 0.3 is 0 Å². The molecule has 0 bridgehead atoms. The van der Waals surface area contributed by atoms with Crippen LogP contribution >= 0.6 is 0 Å². The van der Waals surface area contributed by atoms with Crippen LogP contribution in [-0.2, 0) is 20.2 Å². The smallest absolute Gasteiger partial charge is 0.296 e. The molecule has 0 aliphatic heterocycles. The summed E-state index contributed by atoms with van der Waals surface area (Å²) in [4.78, 5) is -1.05. The molecular weight excluding hydrogens is 558 g/mol. The number of azo groups is 2. The highest BCUT2D eigenvalue weighted by Gasteiger charge is 2.21. The number of nitrogen functional groups attached to an aromatic ring is 1. The minimum Gasteiger partial charge on any atom is -0.494 e. The first-order chi connectivity index (χ1) is 18.7. The van der Waals surface area contributed by atoms with Gasteiger partial charge in [0.25, 0.3) is 20.2 Å². The highest BCUT2D eigenvalue weighted by molar-refractivity contribution is 7.86. The van der Waals surface area contributed by atoms with Crippen LogP contribution in [0.1, 0.15) is 16.7 Å². The lowest BCUT2D eigenvalue weighted by Crippen LogP contribution is -2.01. The van der Waals surface area contributed by atoms with E-state index < -0.39 is 30.0 Å². The molecule has 4 N–H and O–H groups in total. The molecule has 12 nitrogen and oxygen atoms in total. The maximum atomic E-state index is 12.1. The molecule has 4 aromatic rings. The van der Waals surface area contributed by atoms with Gasteiger partial charge in [-0.2, -0.15) is 27.1 Å². The largest absolute Gasteiger partial charge is 0.494 e. The number of methoxy groups -OCH3 is 1. The van der Waals surface area contributed by atoms with Gasteiger partial charge in [-0.15, -0.1) is 10.2 Å². The molecule has 0 unspecified atom stereocenters. The number of fused-ring (bicyclic) bond motifs is 1. The van der Waals surface area contributed by atoms with Crippen LogP contribution in [0, 0.1) is 20.8 Å². The minimum atomic E-state index is -4.78. The van der Waals surface area contributed by atoms with Crippen LogP contribution in [0.15, 0.2) is 84.8 Å². The number of hydrogen-bond acceptors (Lipinski definition) is 10. The minimum absolute atomic E-state index is 0.00962. The average molecular weight is 584 g/mol. The van der Waals surface area contributed by atoms with Crippen LogP contribution in [0.3, 0.4) is 0 Å². The summed E-state index contributed by atoms with van der Waals surface area (Å²) < 4.78 is 72.7. The summed E-state index contributed by atoms with van der Waals surface area (Å²) in [5.41, 5.74) is 9.84. The van der Waals surface area contributed by atoms with E-state index in [4.69, 9.17) is 10.5 Å². The Morgan fingerprint density at radius 2 is 1.23 bits per heavy atom. The van der Waals surface area contributed by atoms with Crippen molar-refractivity contribution in [1.82, 2.24) is 0 Å². The van der Waals surface area contributed by atoms with Gasteiger partial charge in [0.05, 0.1) is 18.5 Å². The molecule has 4 rings (SSSR count). The van der Waals surface area contributed by atoms with E-state index in [1.54, 1.807) is 13.0 Å². The molecule has 0 saturated carbocycles. The summed E-state index contributed by atoms with van der Waals surface area (Å²) in [7, 11) is -7.99. The summed E-state index contributed by atoms with van der Waals surface area (Å²) in [6.07, 6.45) is 0. The maximum absolute atomic E-state index is 12.1. The second-order valence-corrected chi connectivity index (χ2v) is 11.7. The van der Waals surface area contributed by atoms with Crippen molar-refractivity contribution in [3.05, 3.63) is 71.3 Å². The number of anilines is 1. The van der Waals surface area contributed by atoms with Crippen LogP contribution < -0.4 is 10.5 Å². The van der Waals surface area contributed by atoms with E-state index in [1.165, 1.54) is 25.3 Å². The van der Waals surface area contributed by atoms with Crippen molar-refractivity contribution in [2.75, 3.05) is 12.8 Å². The van der Waals surface area contributed by atoms with E-state index in [9.17, 15) is 25.9 Å². The molecule has 0 spiro atoms. The summed E-state index contributed by atoms with van der Waals surface area (Å²) in [5, 5.41) is 16.9. The van der Waals surface area contributed by atoms with Gasteiger partial charge in [-0.05, 0) is 79.2 Å². The Kier molecular flexibility index (Phi) is 7.72. The van der Waals surface area contributed by atoms with Crippen molar-refractivity contribution < 1.29 is 30.7 Å². The first-order valence-corrected chi connectivity index (χ1v) is 14.5. The molecular formula is C26H25N5O7S2. The second kappa shape index (κ2) is 10.7. The Morgan fingerprint density at radius 3 is 1.85 bits per heavy atom. The Labute approximate surface area is 230 Å². The number of rotatable bonds is 7. The molecule has 0 radical (unpaired) electrons. The Balaban J connectivity index is 1.79. The number of nitrogens with zero attached hydrogens (tertiary/aromatic N) is 4. The topological polar surface area (TPSA) is 193 Å². The molecule has 0 aliphatic rings. The molecule has 0 amide bonds. The number of nitrogens with two attached hydrogens (primary N) is 1. The molecule has 208 valence electrons. The zero-order chi connectivity index (χ0) is 29.4. The molecule has 40 heavy (non-hydrogen) atoms. The lowest BCUT2D eigenvalue weighted by atomic mass is 10.1. The first kappa shape index (κ1) is 28.8. The van der Waals surface area contributed by atoms with E-state index in [0.29, 0.717) is 28.4 Å². The van der Waals surface area contributed by atoms with Gasteiger partial charge in [0.1, 0.15) is 26.9 Å². The average Bonchev–Trinajstić information content (AvgIpc) is 2.87. The predicted octanol–water partition coefficient (Wildman–Crippen LogP) is 6.68. The third-order valence-electron chi connectivity index (χ3n) is 6.09. The number of aryl methyl sites for hydroxylation is 3. The Morgan fingerprint density at radius 1 is 0.675 bits per heavy atom. The van der Waals surface area contributed by atoms with Gasteiger partial charge in [-0.25, -0.2) is 0 Å². The third kappa shape index (κ3) is 5.99. The van der Waals surface area contributed by atoms with Crippen LogP contribution in [0.2, 0.25) is 0 Å². The van der Waals surface area contributed by atoms with Gasteiger partial charge in [-0.1, -0.05) is 12.1 Å². The summed E-state index contributed by atoms with van der Waals surface area (Å²) in [6, 6.07) is 12.9. The Bertz CT molecular complexity index is 1940. The fraction of sp³-hybridized carbons (Fsp3) is 0.154. The zero-order valence-electron chi connectivity index (χ0n) is 21.8. The second-order valence-electron chi connectivity index (χ2n) is 8.95. The van der Waals surface area contributed by atoms with E-state index in [2.05, 4.69) is 20.5 Å². The van der Waals surface area contributed by atoms with Crippen LogP contribution in [0.25, 0.3) is 10.8 Å². The van der Waals surface area contributed by atoms with Gasteiger partial charge < -0.3 is 10.5 Å². The van der Waals surface area contributed by atoms with Crippen LogP contribution in [-0.4, -0.2) is 33.1 Å². The molecule has 0 aliphatic carbocycles. The van der Waals surface area contributed by atoms with Crippen LogP contribution in [0.4, 0.5) is 28.4 Å². The molecule has 4 aromatic carbocycles. The Hall–Kier alpha value is -4.24. The van der Waals surface area contributed by atoms with Crippen molar-refractivity contribution in [2.24, 2.45) is 20.5 Å². The summed E-state index contributed by atoms with van der Waals surface area (Å²) in [6.45, 7) is 5.44. The molecule has 0 atom stereocenters. The summed E-state index contributed by atoms with van der Waals surface area (Å²) in [5.74, 6) is 0.301. The third-order valence-corrected chi connectivity index (χ3v) is 7.88. The van der Waals surface area contributed by atoms with Crippen LogP contribution in [0.5, 0.6) is 5.75 Å². The molecule has 0 saturated heterocycles. The standard InChI is InChI=1S/C26H25N5O7S2/c1-14-9-20(15(2)8-19(14)27)28-30-22-10-16(3)21(13-24(22)38-4)29-31-23-12-18-17(11-26(23)40(35,36)37)6-5-7-25(18)39(32,33)34/h5-13H,27H2,1-4H3,(H,32,33,34)(H,35,36,37). The van der Waals surface area contributed by atoms with Crippen molar-refractivity contribution in [3.8, 4) is 5.75 Å². The lowest BCUT2D eigenvalue weighted by molar-refractivity contribution is 0.416. The fourth-order valence-electron chi connectivity index (χ4n) is 3.93. The monoisotopic (exact) mass is 583 g/mol. The quantitative estimate of drug-likeness (QED) is 0.122.